The highest BCUT2D eigenvalue weighted by Gasteiger charge is 2.12. The first-order valence-electron chi connectivity index (χ1n) is 2.40. The molecule has 0 unspecified atom stereocenters. The molecule has 0 spiro atoms. The third-order valence-electron chi connectivity index (χ3n) is 1.19. The van der Waals surface area contributed by atoms with Gasteiger partial charge >= 0.3 is 0 Å². The maximum Gasteiger partial charge on any atom is 0.300 e. The first-order chi connectivity index (χ1) is 3.79. The summed E-state index contributed by atoms with van der Waals surface area (Å²) < 4.78 is 1.54. The van der Waals surface area contributed by atoms with E-state index in [1.54, 1.807) is 6.20 Å². The fraction of sp³-hybridized carbons (Fsp3) is 0.200. The Balaban J connectivity index is 2.93. The second kappa shape index (κ2) is 0.844. The third kappa shape index (κ3) is 0.258. The highest BCUT2D eigenvalue weighted by molar-refractivity contribution is 5.46. The molecule has 0 fully saturated rings. The number of nitrogens with zero attached hydrogens (tertiary/aromatic N) is 2. The quantitative estimate of drug-likeness (QED) is 0.471. The topological polar surface area (TPSA) is 34.4 Å². The van der Waals surface area contributed by atoms with Crippen molar-refractivity contribution in [2.75, 3.05) is 0 Å². The molecule has 0 aliphatic carbocycles. The summed E-state index contributed by atoms with van der Waals surface area (Å²) in [6, 6.07) is 0. The SMILES string of the molecule is Cc1cn2c(=O)c2n1. The average molecular weight is 108 g/mol. The monoisotopic (exact) mass is 108 g/mol. The first kappa shape index (κ1) is 3.83. The Labute approximate surface area is 45.3 Å². The summed E-state index contributed by atoms with van der Waals surface area (Å²) in [5.41, 5.74) is 1.57. The highest BCUT2D eigenvalue weighted by Crippen LogP contribution is 1.99. The molecule has 3 nitrogen and oxygen atoms in total. The van der Waals surface area contributed by atoms with Crippen molar-refractivity contribution in [3.8, 4) is 0 Å². The summed E-state index contributed by atoms with van der Waals surface area (Å²) in [5, 5.41) is 0. The molecule has 0 aliphatic rings. The minimum atomic E-state index is 0.0515. The van der Waals surface area contributed by atoms with Crippen LogP contribution in [0.3, 0.4) is 0 Å². The Kier molecular flexibility index (Phi) is 0.404. The third-order valence-corrected chi connectivity index (χ3v) is 1.19. The Bertz CT molecular complexity index is 308. The van der Waals surface area contributed by atoms with Crippen LogP contribution < -0.4 is 5.56 Å². The van der Waals surface area contributed by atoms with Crippen LogP contribution in [0.15, 0.2) is 11.0 Å². The predicted molar refractivity (Wildman–Crippen MR) is 28.6 cm³/mol. The summed E-state index contributed by atoms with van der Waals surface area (Å²) in [7, 11) is 0. The van der Waals surface area contributed by atoms with Crippen molar-refractivity contribution in [2.45, 2.75) is 6.92 Å². The van der Waals surface area contributed by atoms with Gasteiger partial charge in [-0.3, -0.25) is 9.20 Å². The zero-order valence-corrected chi connectivity index (χ0v) is 4.38. The van der Waals surface area contributed by atoms with Crippen molar-refractivity contribution < 1.29 is 0 Å². The molecule has 0 aromatic carbocycles. The molecule has 0 saturated heterocycles. The van der Waals surface area contributed by atoms with E-state index in [2.05, 4.69) is 4.98 Å². The van der Waals surface area contributed by atoms with E-state index in [0.29, 0.717) is 5.65 Å². The number of hydrogen-bond acceptors (Lipinski definition) is 2. The van der Waals surface area contributed by atoms with Crippen LogP contribution in [-0.2, 0) is 0 Å². The lowest BCUT2D eigenvalue weighted by molar-refractivity contribution is 1.24. The molecule has 2 heterocycles. The van der Waals surface area contributed by atoms with Crippen LogP contribution in [-0.4, -0.2) is 9.38 Å². The van der Waals surface area contributed by atoms with E-state index in [9.17, 15) is 4.79 Å². The molecule has 40 valence electrons. The number of aryl methyl sites for hydroxylation is 1. The van der Waals surface area contributed by atoms with Gasteiger partial charge in [0, 0.05) is 6.20 Å². The molecule has 0 saturated carbocycles. The lowest BCUT2D eigenvalue weighted by Crippen LogP contribution is -1.83. The van der Waals surface area contributed by atoms with E-state index in [1.807, 2.05) is 6.92 Å². The second-order valence-electron chi connectivity index (χ2n) is 1.88. The zero-order valence-electron chi connectivity index (χ0n) is 4.38. The average Bonchev–Trinajstić information content (AvgIpc) is 2.29. The van der Waals surface area contributed by atoms with Crippen molar-refractivity contribution >= 4 is 5.65 Å². The van der Waals surface area contributed by atoms with Gasteiger partial charge in [-0.05, 0) is 6.92 Å². The van der Waals surface area contributed by atoms with E-state index >= 15 is 0 Å². The molecule has 0 aliphatic heterocycles. The molecular weight excluding hydrogens is 104 g/mol. The van der Waals surface area contributed by atoms with Gasteiger partial charge in [0.05, 0.1) is 5.69 Å². The Morgan fingerprint density at radius 3 is 2.88 bits per heavy atom. The summed E-state index contributed by atoms with van der Waals surface area (Å²) in [4.78, 5) is 14.3. The van der Waals surface area contributed by atoms with E-state index in [1.165, 1.54) is 4.40 Å². The smallest absolute Gasteiger partial charge is 0.265 e. The number of hydrogen-bond donors (Lipinski definition) is 0. The Morgan fingerprint density at radius 2 is 2.50 bits per heavy atom. The van der Waals surface area contributed by atoms with Gasteiger partial charge in [0.15, 0.2) is 0 Å². The summed E-state index contributed by atoms with van der Waals surface area (Å²) in [5.74, 6) is 0. The van der Waals surface area contributed by atoms with Crippen LogP contribution in [0.2, 0.25) is 0 Å². The molecule has 0 N–H and O–H groups in total. The number of rotatable bonds is 0. The standard InChI is InChI=1S/C5H4N2O/c1-3-2-7-4(6-3)5(7)8/h2H,1H3. The van der Waals surface area contributed by atoms with Crippen molar-refractivity contribution in [3.05, 3.63) is 22.2 Å². The van der Waals surface area contributed by atoms with Gasteiger partial charge in [0.1, 0.15) is 0 Å². The van der Waals surface area contributed by atoms with Crippen molar-refractivity contribution in [1.82, 2.24) is 9.38 Å². The van der Waals surface area contributed by atoms with E-state index in [4.69, 9.17) is 0 Å². The molecule has 3 heteroatoms. The van der Waals surface area contributed by atoms with Crippen molar-refractivity contribution in [1.29, 1.82) is 0 Å². The number of fused-ring (bicyclic) bond motifs is 1. The second-order valence-corrected chi connectivity index (χ2v) is 1.88. The van der Waals surface area contributed by atoms with Gasteiger partial charge < -0.3 is 0 Å². The summed E-state index contributed by atoms with van der Waals surface area (Å²) in [6.07, 6.45) is 1.73. The molecular formula is C5H4N2O. The Morgan fingerprint density at radius 1 is 1.75 bits per heavy atom. The maximum absolute atomic E-state index is 10.4. The molecule has 8 heavy (non-hydrogen) atoms. The van der Waals surface area contributed by atoms with Gasteiger partial charge in [-0.2, -0.15) is 0 Å². The van der Waals surface area contributed by atoms with Crippen molar-refractivity contribution in [3.63, 3.8) is 0 Å². The highest BCUT2D eigenvalue weighted by atomic mass is 16.1. The zero-order chi connectivity index (χ0) is 5.72. The fourth-order valence-electron chi connectivity index (χ4n) is 0.757. The van der Waals surface area contributed by atoms with Gasteiger partial charge in [-0.15, -0.1) is 0 Å². The van der Waals surface area contributed by atoms with E-state index in [0.717, 1.165) is 5.69 Å². The fourth-order valence-corrected chi connectivity index (χ4v) is 0.757. The lowest BCUT2D eigenvalue weighted by Gasteiger charge is -1.68. The normalized spacial score (nSPS) is 11.6. The van der Waals surface area contributed by atoms with Crippen LogP contribution in [0, 0.1) is 6.92 Å². The van der Waals surface area contributed by atoms with Gasteiger partial charge in [-0.1, -0.05) is 0 Å². The largest absolute Gasteiger partial charge is 0.300 e. The van der Waals surface area contributed by atoms with Crippen molar-refractivity contribution in [2.24, 2.45) is 0 Å². The van der Waals surface area contributed by atoms with Crippen LogP contribution >= 0.6 is 0 Å². The lowest BCUT2D eigenvalue weighted by atomic mass is 10.6. The minimum Gasteiger partial charge on any atom is -0.265 e. The minimum absolute atomic E-state index is 0.0515. The molecule has 0 atom stereocenters. The van der Waals surface area contributed by atoms with Gasteiger partial charge in [0.25, 0.3) is 5.56 Å². The van der Waals surface area contributed by atoms with E-state index in [-0.39, 0.29) is 5.56 Å². The van der Waals surface area contributed by atoms with Crippen LogP contribution in [0.1, 0.15) is 5.69 Å². The number of aromatic nitrogens is 2. The number of imidazole rings is 1. The predicted octanol–water partition coefficient (Wildman–Crippen LogP) is -0.121. The molecule has 0 radical (unpaired) electrons. The molecule has 2 aromatic heterocycles. The van der Waals surface area contributed by atoms with Crippen LogP contribution in [0.5, 0.6) is 0 Å². The van der Waals surface area contributed by atoms with Crippen LogP contribution in [0.25, 0.3) is 5.65 Å². The summed E-state index contributed by atoms with van der Waals surface area (Å²) >= 11 is 0. The summed E-state index contributed by atoms with van der Waals surface area (Å²) in [6.45, 7) is 1.87. The molecule has 0 amide bonds. The first-order valence-corrected chi connectivity index (χ1v) is 2.40. The van der Waals surface area contributed by atoms with E-state index < -0.39 is 0 Å². The molecule has 2 aromatic rings. The Hall–Kier alpha value is -1.12. The van der Waals surface area contributed by atoms with Gasteiger partial charge in [0.2, 0.25) is 5.65 Å². The van der Waals surface area contributed by atoms with Crippen LogP contribution in [0.4, 0.5) is 0 Å². The molecule has 0 bridgehead atoms. The maximum atomic E-state index is 10.4. The molecule has 2 rings (SSSR count). The van der Waals surface area contributed by atoms with Gasteiger partial charge in [-0.25, -0.2) is 4.98 Å².